The van der Waals surface area contributed by atoms with E-state index < -0.39 is 0 Å². The fraction of sp³-hybridized carbons (Fsp3) is 0.0667. The first-order valence-electron chi connectivity index (χ1n) is 6.82. The number of aryl methyl sites for hydroxylation is 1. The standard InChI is InChI=1S/C15H11BrN6O/c1-21-7-6-18-14(21)13-19-15(23)12-11(9(16)8-22(12)20-13)10-4-2-3-5-17-10/h2-8H,1H3,(H,19,20,23). The summed E-state index contributed by atoms with van der Waals surface area (Å²) >= 11 is 3.51. The fourth-order valence-corrected chi connectivity index (χ4v) is 3.05. The minimum Gasteiger partial charge on any atom is -0.492 e. The number of pyridine rings is 1. The van der Waals surface area contributed by atoms with Gasteiger partial charge in [0, 0.05) is 41.9 Å². The molecule has 23 heavy (non-hydrogen) atoms. The van der Waals surface area contributed by atoms with Crippen LogP contribution in [0.25, 0.3) is 28.4 Å². The Morgan fingerprint density at radius 2 is 2.04 bits per heavy atom. The van der Waals surface area contributed by atoms with Crippen LogP contribution < -0.4 is 0 Å². The van der Waals surface area contributed by atoms with E-state index in [1.807, 2.05) is 25.2 Å². The van der Waals surface area contributed by atoms with Crippen LogP contribution in [0.3, 0.4) is 0 Å². The summed E-state index contributed by atoms with van der Waals surface area (Å²) in [5, 5.41) is 14.9. The van der Waals surface area contributed by atoms with E-state index >= 15 is 0 Å². The van der Waals surface area contributed by atoms with Crippen LogP contribution in [-0.4, -0.2) is 34.2 Å². The second-order valence-corrected chi connectivity index (χ2v) is 5.84. The predicted molar refractivity (Wildman–Crippen MR) is 87.8 cm³/mol. The van der Waals surface area contributed by atoms with Crippen LogP contribution in [-0.2, 0) is 7.05 Å². The van der Waals surface area contributed by atoms with Crippen molar-refractivity contribution in [1.29, 1.82) is 0 Å². The van der Waals surface area contributed by atoms with E-state index in [9.17, 15) is 5.11 Å². The maximum atomic E-state index is 10.4. The van der Waals surface area contributed by atoms with Crippen LogP contribution in [0.2, 0.25) is 0 Å². The molecule has 0 unspecified atom stereocenters. The van der Waals surface area contributed by atoms with Gasteiger partial charge in [-0.1, -0.05) is 6.07 Å². The monoisotopic (exact) mass is 370 g/mol. The summed E-state index contributed by atoms with van der Waals surface area (Å²) in [6.45, 7) is 0. The third-order valence-corrected chi connectivity index (χ3v) is 4.11. The number of hydrogen-bond acceptors (Lipinski definition) is 5. The van der Waals surface area contributed by atoms with Gasteiger partial charge in [0.15, 0.2) is 5.82 Å². The second-order valence-electron chi connectivity index (χ2n) is 4.98. The molecule has 8 heteroatoms. The van der Waals surface area contributed by atoms with Crippen LogP contribution >= 0.6 is 15.9 Å². The van der Waals surface area contributed by atoms with E-state index in [1.165, 1.54) is 0 Å². The number of nitrogens with zero attached hydrogens (tertiary/aromatic N) is 6. The molecular formula is C15H11BrN6O. The molecule has 0 bridgehead atoms. The van der Waals surface area contributed by atoms with E-state index in [0.717, 1.165) is 15.7 Å². The van der Waals surface area contributed by atoms with Crippen molar-refractivity contribution in [1.82, 2.24) is 29.1 Å². The van der Waals surface area contributed by atoms with Crippen LogP contribution in [0.4, 0.5) is 0 Å². The highest BCUT2D eigenvalue weighted by atomic mass is 79.9. The van der Waals surface area contributed by atoms with Crippen molar-refractivity contribution in [3.05, 3.63) is 47.5 Å². The first kappa shape index (κ1) is 13.9. The molecule has 4 rings (SSSR count). The van der Waals surface area contributed by atoms with E-state index in [0.29, 0.717) is 17.2 Å². The lowest BCUT2D eigenvalue weighted by Crippen LogP contribution is -2.02. The molecule has 0 aliphatic carbocycles. The molecule has 0 amide bonds. The van der Waals surface area contributed by atoms with Crippen molar-refractivity contribution >= 4 is 21.4 Å². The molecule has 0 atom stereocenters. The summed E-state index contributed by atoms with van der Waals surface area (Å²) in [4.78, 5) is 12.7. The third kappa shape index (κ3) is 2.18. The van der Waals surface area contributed by atoms with Gasteiger partial charge in [0.05, 0.1) is 5.69 Å². The van der Waals surface area contributed by atoms with Gasteiger partial charge in [-0.3, -0.25) is 4.98 Å². The lowest BCUT2D eigenvalue weighted by molar-refractivity contribution is 0.455. The molecule has 0 aromatic carbocycles. The van der Waals surface area contributed by atoms with Crippen LogP contribution in [0.15, 0.2) is 47.5 Å². The molecular weight excluding hydrogens is 360 g/mol. The van der Waals surface area contributed by atoms with E-state index in [2.05, 4.69) is 36.0 Å². The Morgan fingerprint density at radius 1 is 1.17 bits per heavy atom. The third-order valence-electron chi connectivity index (χ3n) is 3.51. The molecule has 4 aromatic heterocycles. The first-order valence-corrected chi connectivity index (χ1v) is 7.61. The number of hydrogen-bond donors (Lipinski definition) is 1. The van der Waals surface area contributed by atoms with E-state index in [-0.39, 0.29) is 5.88 Å². The summed E-state index contributed by atoms with van der Waals surface area (Å²) in [7, 11) is 1.85. The Morgan fingerprint density at radius 3 is 2.74 bits per heavy atom. The van der Waals surface area contributed by atoms with Crippen LogP contribution in [0.5, 0.6) is 5.88 Å². The number of halogens is 1. The van der Waals surface area contributed by atoms with Crippen molar-refractivity contribution in [2.45, 2.75) is 0 Å². The Labute approximate surface area is 139 Å². The SMILES string of the molecule is Cn1ccnc1-c1nc(O)c2c(-c3ccccn3)c(Br)cn2n1. The van der Waals surface area contributed by atoms with Gasteiger partial charge in [0.2, 0.25) is 11.7 Å². The van der Waals surface area contributed by atoms with Crippen molar-refractivity contribution in [2.24, 2.45) is 7.05 Å². The van der Waals surface area contributed by atoms with Crippen molar-refractivity contribution in [3.8, 4) is 28.8 Å². The number of fused-ring (bicyclic) bond motifs is 1. The Bertz CT molecular complexity index is 1010. The molecule has 0 spiro atoms. The quantitative estimate of drug-likeness (QED) is 0.586. The number of aromatic hydroxyl groups is 1. The van der Waals surface area contributed by atoms with E-state index in [4.69, 9.17) is 0 Å². The molecule has 114 valence electrons. The van der Waals surface area contributed by atoms with Crippen LogP contribution in [0.1, 0.15) is 0 Å². The molecule has 0 radical (unpaired) electrons. The van der Waals surface area contributed by atoms with Gasteiger partial charge in [-0.05, 0) is 28.1 Å². The Hall–Kier alpha value is -2.74. The fourth-order valence-electron chi connectivity index (χ4n) is 2.47. The van der Waals surface area contributed by atoms with Gasteiger partial charge >= 0.3 is 0 Å². The summed E-state index contributed by atoms with van der Waals surface area (Å²) in [6.07, 6.45) is 6.92. The van der Waals surface area contributed by atoms with Crippen molar-refractivity contribution < 1.29 is 5.11 Å². The van der Waals surface area contributed by atoms with Gasteiger partial charge in [0.25, 0.3) is 0 Å². The highest BCUT2D eigenvalue weighted by Crippen LogP contribution is 2.36. The molecule has 1 N–H and O–H groups in total. The lowest BCUT2D eigenvalue weighted by atomic mass is 10.2. The van der Waals surface area contributed by atoms with Crippen LogP contribution in [0, 0.1) is 0 Å². The summed E-state index contributed by atoms with van der Waals surface area (Å²) < 4.78 is 4.15. The van der Waals surface area contributed by atoms with Crippen molar-refractivity contribution in [2.75, 3.05) is 0 Å². The first-order chi connectivity index (χ1) is 11.1. The number of imidazole rings is 1. The highest BCUT2D eigenvalue weighted by molar-refractivity contribution is 9.10. The van der Waals surface area contributed by atoms with Gasteiger partial charge in [-0.25, -0.2) is 9.50 Å². The molecule has 4 aromatic rings. The lowest BCUT2D eigenvalue weighted by Gasteiger charge is -2.05. The highest BCUT2D eigenvalue weighted by Gasteiger charge is 2.19. The average molecular weight is 371 g/mol. The summed E-state index contributed by atoms with van der Waals surface area (Å²) in [5.74, 6) is 0.799. The zero-order chi connectivity index (χ0) is 16.0. The van der Waals surface area contributed by atoms with Gasteiger partial charge < -0.3 is 9.67 Å². The van der Waals surface area contributed by atoms with Crippen molar-refractivity contribution in [3.63, 3.8) is 0 Å². The van der Waals surface area contributed by atoms with Gasteiger partial charge in [-0.15, -0.1) is 5.10 Å². The Balaban J connectivity index is 1.99. The molecule has 4 heterocycles. The topological polar surface area (TPSA) is 81.1 Å². The molecule has 7 nitrogen and oxygen atoms in total. The summed E-state index contributed by atoms with van der Waals surface area (Å²) in [6, 6.07) is 5.59. The smallest absolute Gasteiger partial charge is 0.240 e. The number of aromatic nitrogens is 6. The zero-order valence-corrected chi connectivity index (χ0v) is 13.6. The minimum atomic E-state index is -0.121. The summed E-state index contributed by atoms with van der Waals surface area (Å²) in [5.41, 5.74) is 1.97. The normalized spacial score (nSPS) is 11.2. The zero-order valence-electron chi connectivity index (χ0n) is 12.0. The largest absolute Gasteiger partial charge is 0.492 e. The van der Waals surface area contributed by atoms with Gasteiger partial charge in [0.1, 0.15) is 5.52 Å². The molecule has 0 fully saturated rings. The molecule has 0 aliphatic rings. The Kier molecular flexibility index (Phi) is 3.12. The van der Waals surface area contributed by atoms with Gasteiger partial charge in [-0.2, -0.15) is 4.98 Å². The maximum absolute atomic E-state index is 10.4. The van der Waals surface area contributed by atoms with E-state index in [1.54, 1.807) is 33.9 Å². The average Bonchev–Trinajstić information content (AvgIpc) is 3.11. The number of rotatable bonds is 2. The maximum Gasteiger partial charge on any atom is 0.240 e. The molecule has 0 saturated heterocycles. The predicted octanol–water partition coefficient (Wildman–Crippen LogP) is 2.66. The molecule has 0 saturated carbocycles. The second kappa shape index (κ2) is 5.17. The molecule has 0 aliphatic heterocycles. The minimum absolute atomic E-state index is 0.121.